The van der Waals surface area contributed by atoms with E-state index in [1.165, 1.54) is 116 Å². The molecule has 0 aliphatic heterocycles. The van der Waals surface area contributed by atoms with Crippen molar-refractivity contribution in [1.82, 2.24) is 0 Å². The summed E-state index contributed by atoms with van der Waals surface area (Å²) in [5.74, 6) is -2.19. The molecule has 0 aromatic heterocycles. The zero-order valence-corrected chi connectivity index (χ0v) is 62.8. The van der Waals surface area contributed by atoms with Crippen molar-refractivity contribution in [1.29, 1.82) is 0 Å². The molecule has 0 aromatic carbocycles. The molecule has 0 spiro atoms. The lowest BCUT2D eigenvalue weighted by Crippen LogP contribution is -2.30. The van der Waals surface area contributed by atoms with Crippen LogP contribution < -0.4 is 0 Å². The number of esters is 4. The van der Waals surface area contributed by atoms with Crippen molar-refractivity contribution >= 4 is 39.5 Å². The van der Waals surface area contributed by atoms with Gasteiger partial charge >= 0.3 is 39.5 Å². The summed E-state index contributed by atoms with van der Waals surface area (Å²) >= 11 is 0. The first-order chi connectivity index (χ1) is 46.7. The number of carbonyl (C=O) groups excluding carboxylic acids is 4. The fourth-order valence-corrected chi connectivity index (χ4v) is 12.1. The van der Waals surface area contributed by atoms with E-state index < -0.39 is 97.5 Å². The van der Waals surface area contributed by atoms with E-state index in [-0.39, 0.29) is 25.7 Å². The summed E-state index contributed by atoms with van der Waals surface area (Å²) in [7, 11) is -9.94. The first-order valence-electron chi connectivity index (χ1n) is 38.5. The maximum atomic E-state index is 13.1. The van der Waals surface area contributed by atoms with Crippen molar-refractivity contribution in [2.24, 2.45) is 0 Å². The molecule has 3 N–H and O–H groups in total. The lowest BCUT2D eigenvalue weighted by Gasteiger charge is -2.21. The van der Waals surface area contributed by atoms with Gasteiger partial charge in [-0.3, -0.25) is 37.3 Å². The van der Waals surface area contributed by atoms with Crippen LogP contribution in [0.2, 0.25) is 0 Å². The Labute approximate surface area is 584 Å². The smallest absolute Gasteiger partial charge is 0.462 e. The second-order valence-corrected chi connectivity index (χ2v) is 28.9. The highest BCUT2D eigenvalue weighted by molar-refractivity contribution is 7.47. The number of phosphoric acid groups is 2. The summed E-state index contributed by atoms with van der Waals surface area (Å²) in [6.45, 7) is 4.82. The molecular weight excluding hydrogens is 1260 g/mol. The lowest BCUT2D eigenvalue weighted by atomic mass is 10.1. The van der Waals surface area contributed by atoms with Crippen LogP contribution in [0.4, 0.5) is 0 Å². The number of ether oxygens (including phenoxy) is 4. The van der Waals surface area contributed by atoms with E-state index in [9.17, 15) is 43.2 Å². The van der Waals surface area contributed by atoms with Crippen molar-refractivity contribution < 1.29 is 80.2 Å². The highest BCUT2D eigenvalue weighted by Crippen LogP contribution is 2.45. The monoisotopic (exact) mass is 1400 g/mol. The number of rotatable bonds is 73. The average molecular weight is 1400 g/mol. The fraction of sp³-hybridized carbons (Fsp3) is 0.818. The summed E-state index contributed by atoms with van der Waals surface area (Å²) in [6, 6.07) is 0. The summed E-state index contributed by atoms with van der Waals surface area (Å²) in [6.07, 6.45) is 67.8. The van der Waals surface area contributed by atoms with E-state index in [0.717, 1.165) is 154 Å². The van der Waals surface area contributed by atoms with Crippen LogP contribution in [0.5, 0.6) is 0 Å². The molecule has 19 heteroatoms. The van der Waals surface area contributed by atoms with Crippen molar-refractivity contribution in [3.8, 4) is 0 Å². The van der Waals surface area contributed by atoms with Crippen LogP contribution in [0.3, 0.4) is 0 Å². The third kappa shape index (κ3) is 69.2. The van der Waals surface area contributed by atoms with Crippen molar-refractivity contribution in [2.75, 3.05) is 39.6 Å². The van der Waals surface area contributed by atoms with Crippen LogP contribution in [0.1, 0.15) is 349 Å². The van der Waals surface area contributed by atoms with Gasteiger partial charge in [-0.25, -0.2) is 9.13 Å². The van der Waals surface area contributed by atoms with Gasteiger partial charge in [-0.2, -0.15) is 0 Å². The SMILES string of the molecule is CCCCCC/C=C\C=C/CCCCCCCC(=O)OC[C@H](COP(=O)(O)OC[C@H](O)COP(=O)(O)OC[C@@H](COC(=O)CCCCCCC/C=C\CCCCCCCC)OC(=O)CCCCCCC/C=C\CCCCCC)OC(=O)CCCCCCC/C=C\CCCCCC. The summed E-state index contributed by atoms with van der Waals surface area (Å²) < 4.78 is 68.4. The Kier molecular flexibility index (Phi) is 67.8. The van der Waals surface area contributed by atoms with Crippen LogP contribution >= 0.6 is 15.6 Å². The second kappa shape index (κ2) is 70.2. The molecule has 0 bridgehead atoms. The van der Waals surface area contributed by atoms with Crippen LogP contribution in [0, 0.1) is 0 Å². The third-order valence-corrected chi connectivity index (χ3v) is 18.4. The maximum Gasteiger partial charge on any atom is 0.472 e. The number of phosphoric ester groups is 2. The van der Waals surface area contributed by atoms with E-state index >= 15 is 0 Å². The highest BCUT2D eigenvalue weighted by atomic mass is 31.2. The topological polar surface area (TPSA) is 237 Å². The number of hydrogen-bond acceptors (Lipinski definition) is 15. The Morgan fingerprint density at radius 2 is 0.510 bits per heavy atom. The van der Waals surface area contributed by atoms with Gasteiger partial charge in [-0.05, 0) is 128 Å². The van der Waals surface area contributed by atoms with E-state index in [1.54, 1.807) is 0 Å². The quantitative estimate of drug-likeness (QED) is 0.0128. The molecule has 560 valence electrons. The molecule has 0 heterocycles. The molecule has 5 atom stereocenters. The molecule has 2 unspecified atom stereocenters. The summed E-state index contributed by atoms with van der Waals surface area (Å²) in [4.78, 5) is 72.8. The second-order valence-electron chi connectivity index (χ2n) is 26.0. The minimum Gasteiger partial charge on any atom is -0.462 e. The number of aliphatic hydroxyl groups excluding tert-OH is 1. The molecule has 0 aromatic rings. The van der Waals surface area contributed by atoms with Crippen molar-refractivity contribution in [3.63, 3.8) is 0 Å². The van der Waals surface area contributed by atoms with Gasteiger partial charge in [0.15, 0.2) is 12.2 Å². The molecule has 0 saturated heterocycles. The minimum atomic E-state index is -4.97. The van der Waals surface area contributed by atoms with Crippen LogP contribution in [0.15, 0.2) is 60.8 Å². The third-order valence-electron chi connectivity index (χ3n) is 16.5. The Bertz CT molecular complexity index is 2060. The van der Waals surface area contributed by atoms with Crippen molar-refractivity contribution in [2.45, 2.75) is 367 Å². The number of allylic oxidation sites excluding steroid dienone is 10. The largest absolute Gasteiger partial charge is 0.472 e. The molecule has 96 heavy (non-hydrogen) atoms. The van der Waals surface area contributed by atoms with Gasteiger partial charge < -0.3 is 33.8 Å². The van der Waals surface area contributed by atoms with Gasteiger partial charge in [-0.1, -0.05) is 255 Å². The number of aliphatic hydroxyl groups is 1. The molecule has 0 radical (unpaired) electrons. The van der Waals surface area contributed by atoms with Gasteiger partial charge in [0.25, 0.3) is 0 Å². The van der Waals surface area contributed by atoms with Gasteiger partial charge in [0.1, 0.15) is 19.3 Å². The Balaban J connectivity index is 5.34. The predicted molar refractivity (Wildman–Crippen MR) is 390 cm³/mol. The van der Waals surface area contributed by atoms with Gasteiger partial charge in [0.05, 0.1) is 26.4 Å². The van der Waals surface area contributed by atoms with E-state index in [0.29, 0.717) is 25.7 Å². The Morgan fingerprint density at radius 3 is 0.792 bits per heavy atom. The van der Waals surface area contributed by atoms with Gasteiger partial charge in [0.2, 0.25) is 0 Å². The molecule has 0 aliphatic rings. The van der Waals surface area contributed by atoms with Crippen LogP contribution in [-0.2, 0) is 65.4 Å². The predicted octanol–water partition coefficient (Wildman–Crippen LogP) is 21.9. The minimum absolute atomic E-state index is 0.0846. The molecule has 0 rings (SSSR count). The average Bonchev–Trinajstić information content (AvgIpc) is 1.14. The summed E-state index contributed by atoms with van der Waals surface area (Å²) in [5, 5.41) is 10.6. The zero-order chi connectivity index (χ0) is 70.4. The van der Waals surface area contributed by atoms with Crippen LogP contribution in [0.25, 0.3) is 0 Å². The fourth-order valence-electron chi connectivity index (χ4n) is 10.5. The highest BCUT2D eigenvalue weighted by Gasteiger charge is 2.30. The normalized spacial score (nSPS) is 14.3. The van der Waals surface area contributed by atoms with Crippen LogP contribution in [-0.4, -0.2) is 96.7 Å². The summed E-state index contributed by atoms with van der Waals surface area (Å²) in [5.41, 5.74) is 0. The van der Waals surface area contributed by atoms with E-state index in [1.807, 2.05) is 0 Å². The number of carbonyl (C=O) groups is 4. The molecule has 17 nitrogen and oxygen atoms in total. The maximum absolute atomic E-state index is 13.1. The van der Waals surface area contributed by atoms with Gasteiger partial charge in [0, 0.05) is 25.7 Å². The molecular formula is C77H140O17P2. The first kappa shape index (κ1) is 92.8. The number of unbranched alkanes of at least 4 members (excludes halogenated alkanes) is 38. The molecule has 0 amide bonds. The lowest BCUT2D eigenvalue weighted by molar-refractivity contribution is -0.161. The van der Waals surface area contributed by atoms with E-state index in [2.05, 4.69) is 88.5 Å². The number of hydrogen-bond donors (Lipinski definition) is 3. The molecule has 0 aliphatic carbocycles. The van der Waals surface area contributed by atoms with Gasteiger partial charge in [-0.15, -0.1) is 0 Å². The molecule has 0 fully saturated rings. The Hall–Kier alpha value is -3.24. The zero-order valence-electron chi connectivity index (χ0n) is 61.1. The molecule has 0 saturated carbocycles. The van der Waals surface area contributed by atoms with E-state index in [4.69, 9.17) is 37.0 Å². The van der Waals surface area contributed by atoms with Crippen molar-refractivity contribution in [3.05, 3.63) is 60.8 Å². The standard InChI is InChI=1S/C77H140O17P2/c1-5-9-13-17-21-25-29-33-35-39-41-45-49-53-57-61-74(79)87-67-72(93-76(81)63-59-55-51-47-43-37-31-27-23-19-15-11-7-3)69-91-95(83,84)89-65-71(78)66-90-96(85,86)92-70-73(94-77(82)64-60-56-52-48-44-38-32-28-24-20-16-12-8-4)68-88-75(80)62-58-54-50-46-42-40-36-34-30-26-22-18-14-10-6-2/h25,27-29,31-36,71-73,78H,5-24,26,30,37-70H2,1-4H3,(H,83,84)(H,85,86)/b29-25-,31-27-,32-28-,35-33-,36-34-/t71-,72+,73+/m0/s1. The first-order valence-corrected chi connectivity index (χ1v) is 41.5. The Morgan fingerprint density at radius 1 is 0.292 bits per heavy atom.